The summed E-state index contributed by atoms with van der Waals surface area (Å²) < 4.78 is 6.91. The number of carbonyl (C=O) groups excluding carboxylic acids is 1. The Hall–Kier alpha value is -2.48. The minimum Gasteiger partial charge on any atom is -0.481 e. The number of rotatable bonds is 5. The van der Waals surface area contributed by atoms with Crippen molar-refractivity contribution in [2.45, 2.75) is 38.5 Å². The normalized spacial score (nSPS) is 22.6. The molecule has 28 heavy (non-hydrogen) atoms. The fourth-order valence-electron chi connectivity index (χ4n) is 4.33. The van der Waals surface area contributed by atoms with Crippen molar-refractivity contribution in [3.63, 3.8) is 0 Å². The van der Waals surface area contributed by atoms with E-state index in [1.54, 1.807) is 9.58 Å². The monoisotopic (exact) mass is 386 g/mol. The van der Waals surface area contributed by atoms with Gasteiger partial charge in [-0.3, -0.25) is 14.3 Å². The maximum atomic E-state index is 13.5. The number of hydrogen-bond donors (Lipinski definition) is 1. The Labute approximate surface area is 163 Å². The van der Waals surface area contributed by atoms with Gasteiger partial charge in [0.2, 0.25) is 0 Å². The number of aromatic nitrogens is 3. The number of hydrogen-bond acceptors (Lipinski definition) is 5. The summed E-state index contributed by atoms with van der Waals surface area (Å²) in [7, 11) is 3.33. The van der Waals surface area contributed by atoms with Gasteiger partial charge < -0.3 is 14.7 Å². The summed E-state index contributed by atoms with van der Waals surface area (Å²) in [5, 5.41) is 15.0. The highest BCUT2D eigenvalue weighted by Crippen LogP contribution is 2.41. The molecular weight excluding hydrogens is 360 g/mol. The molecule has 4 rings (SSSR count). The number of aryl methyl sites for hydroxylation is 2. The van der Waals surface area contributed by atoms with Gasteiger partial charge in [-0.25, -0.2) is 4.98 Å². The topological polar surface area (TPSA) is 97.6 Å². The fourth-order valence-corrected chi connectivity index (χ4v) is 4.33. The smallest absolute Gasteiger partial charge is 0.313 e. The second kappa shape index (κ2) is 6.84. The van der Waals surface area contributed by atoms with E-state index in [-0.39, 0.29) is 19.1 Å². The molecule has 8 nitrogen and oxygen atoms in total. The number of ether oxygens (including phenoxy) is 1. The molecule has 1 aliphatic carbocycles. The third kappa shape index (κ3) is 3.05. The van der Waals surface area contributed by atoms with Gasteiger partial charge in [0, 0.05) is 38.9 Å². The third-order valence-electron chi connectivity index (χ3n) is 5.95. The van der Waals surface area contributed by atoms with Crippen LogP contribution in [0, 0.1) is 12.3 Å². The molecule has 1 N–H and O–H groups in total. The van der Waals surface area contributed by atoms with Crippen molar-refractivity contribution in [1.29, 1.82) is 0 Å². The molecule has 0 spiro atoms. The summed E-state index contributed by atoms with van der Waals surface area (Å²) in [4.78, 5) is 31.9. The highest BCUT2D eigenvalue weighted by Gasteiger charge is 2.44. The van der Waals surface area contributed by atoms with Crippen LogP contribution >= 0.6 is 0 Å². The van der Waals surface area contributed by atoms with Gasteiger partial charge in [0.25, 0.3) is 5.91 Å². The molecule has 8 heteroatoms. The van der Waals surface area contributed by atoms with Crippen LogP contribution in [0.4, 0.5) is 0 Å². The van der Waals surface area contributed by atoms with Gasteiger partial charge >= 0.3 is 5.97 Å². The lowest BCUT2D eigenvalue weighted by Gasteiger charge is -2.39. The fraction of sp³-hybridized carbons (Fsp3) is 0.600. The summed E-state index contributed by atoms with van der Waals surface area (Å²) in [5.41, 5.74) is 1.92. The number of carbonyl (C=O) groups is 2. The number of aliphatic carboxylic acids is 1. The van der Waals surface area contributed by atoms with Crippen molar-refractivity contribution in [3.05, 3.63) is 23.0 Å². The van der Waals surface area contributed by atoms with Gasteiger partial charge in [0.05, 0.1) is 23.3 Å². The molecule has 0 radical (unpaired) electrons. The standard InChI is InChI=1S/C20H26N4O4/c1-12-16-14(9-15(13-5-6-13)21-17(16)23(2)22-12)18(25)24-8-4-7-20(10-24,11-28-3)19(26)27/h9,13H,4-8,10-11H2,1-3H3,(H,26,27). The molecule has 2 aromatic rings. The average molecular weight is 386 g/mol. The van der Waals surface area contributed by atoms with Crippen LogP contribution in [0.25, 0.3) is 11.0 Å². The van der Waals surface area contributed by atoms with E-state index in [4.69, 9.17) is 9.72 Å². The van der Waals surface area contributed by atoms with Gasteiger partial charge in [-0.05, 0) is 38.7 Å². The van der Waals surface area contributed by atoms with Crippen molar-refractivity contribution in [3.8, 4) is 0 Å². The van der Waals surface area contributed by atoms with Crippen LogP contribution in [0.15, 0.2) is 6.07 Å². The van der Waals surface area contributed by atoms with Crippen molar-refractivity contribution in [1.82, 2.24) is 19.7 Å². The van der Waals surface area contributed by atoms with Crippen molar-refractivity contribution in [2.24, 2.45) is 12.5 Å². The first-order valence-electron chi connectivity index (χ1n) is 9.72. The number of piperidine rings is 1. The molecule has 0 bridgehead atoms. The average Bonchev–Trinajstić information content (AvgIpc) is 3.47. The van der Waals surface area contributed by atoms with Gasteiger partial charge in [0.15, 0.2) is 5.65 Å². The zero-order chi connectivity index (χ0) is 20.1. The van der Waals surface area contributed by atoms with E-state index in [0.717, 1.165) is 29.6 Å². The predicted octanol–water partition coefficient (Wildman–Crippen LogP) is 2.11. The van der Waals surface area contributed by atoms with E-state index in [9.17, 15) is 14.7 Å². The first-order chi connectivity index (χ1) is 13.4. The quantitative estimate of drug-likeness (QED) is 0.845. The molecule has 150 valence electrons. The number of amides is 1. The van der Waals surface area contributed by atoms with Crippen LogP contribution in [0.2, 0.25) is 0 Å². The molecule has 1 saturated heterocycles. The number of pyridine rings is 1. The number of carboxylic acids is 1. The van der Waals surface area contributed by atoms with E-state index >= 15 is 0 Å². The SMILES string of the molecule is COCC1(C(=O)O)CCCN(C(=O)c2cc(C3CC3)nc3c2c(C)nn3C)C1. The zero-order valence-electron chi connectivity index (χ0n) is 16.6. The predicted molar refractivity (Wildman–Crippen MR) is 102 cm³/mol. The molecule has 1 atom stereocenters. The van der Waals surface area contributed by atoms with Gasteiger partial charge in [-0.15, -0.1) is 0 Å². The lowest BCUT2D eigenvalue weighted by molar-refractivity contribution is -0.155. The minimum atomic E-state index is -1.06. The van der Waals surface area contributed by atoms with E-state index < -0.39 is 11.4 Å². The molecule has 2 fully saturated rings. The second-order valence-corrected chi connectivity index (χ2v) is 8.13. The number of methoxy groups -OCH3 is 1. The lowest BCUT2D eigenvalue weighted by atomic mass is 9.80. The van der Waals surface area contributed by atoms with Gasteiger partial charge in [-0.1, -0.05) is 0 Å². The Morgan fingerprint density at radius 1 is 1.39 bits per heavy atom. The Morgan fingerprint density at radius 3 is 2.79 bits per heavy atom. The van der Waals surface area contributed by atoms with Gasteiger partial charge in [-0.2, -0.15) is 5.10 Å². The van der Waals surface area contributed by atoms with Crippen LogP contribution < -0.4 is 0 Å². The molecule has 2 aliphatic rings. The Morgan fingerprint density at radius 2 is 2.14 bits per heavy atom. The number of fused-ring (bicyclic) bond motifs is 1. The third-order valence-corrected chi connectivity index (χ3v) is 5.95. The minimum absolute atomic E-state index is 0.0944. The highest BCUT2D eigenvalue weighted by atomic mass is 16.5. The van der Waals surface area contributed by atoms with Crippen molar-refractivity contribution < 1.29 is 19.4 Å². The summed E-state index contributed by atoms with van der Waals surface area (Å²) in [6.45, 7) is 2.66. The van der Waals surface area contributed by atoms with Gasteiger partial charge in [0.1, 0.15) is 5.41 Å². The summed E-state index contributed by atoms with van der Waals surface area (Å²) in [6.07, 6.45) is 3.31. The van der Waals surface area contributed by atoms with E-state index in [1.165, 1.54) is 7.11 Å². The van der Waals surface area contributed by atoms with E-state index in [2.05, 4.69) is 5.10 Å². The van der Waals surface area contributed by atoms with Crippen molar-refractivity contribution >= 4 is 22.9 Å². The second-order valence-electron chi connectivity index (χ2n) is 8.13. The summed E-state index contributed by atoms with van der Waals surface area (Å²) in [5.74, 6) is -0.658. The van der Waals surface area contributed by atoms with Crippen LogP contribution in [0.1, 0.15) is 53.3 Å². The first kappa shape index (κ1) is 18.9. The molecule has 0 aromatic carbocycles. The largest absolute Gasteiger partial charge is 0.481 e. The van der Waals surface area contributed by atoms with E-state index in [0.29, 0.717) is 36.5 Å². The molecule has 1 amide bonds. The van der Waals surface area contributed by atoms with Crippen LogP contribution in [0.5, 0.6) is 0 Å². The summed E-state index contributed by atoms with van der Waals surface area (Å²) >= 11 is 0. The molecule has 1 saturated carbocycles. The number of carboxylic acid groups (broad SMARTS) is 1. The maximum absolute atomic E-state index is 13.5. The molecular formula is C20H26N4O4. The molecule has 3 heterocycles. The highest BCUT2D eigenvalue weighted by molar-refractivity contribution is 6.06. The van der Waals surface area contributed by atoms with Crippen LogP contribution in [-0.2, 0) is 16.6 Å². The molecule has 1 unspecified atom stereocenters. The number of nitrogens with zero attached hydrogens (tertiary/aromatic N) is 4. The molecule has 2 aromatic heterocycles. The Bertz CT molecular complexity index is 945. The van der Waals surface area contributed by atoms with E-state index in [1.807, 2.05) is 20.0 Å². The lowest BCUT2D eigenvalue weighted by Crippen LogP contribution is -2.52. The Balaban J connectivity index is 1.75. The molecule has 1 aliphatic heterocycles. The summed E-state index contributed by atoms with van der Waals surface area (Å²) in [6, 6.07) is 1.89. The van der Waals surface area contributed by atoms with Crippen molar-refractivity contribution in [2.75, 3.05) is 26.8 Å². The maximum Gasteiger partial charge on any atom is 0.313 e. The first-order valence-corrected chi connectivity index (χ1v) is 9.72. The van der Waals surface area contributed by atoms with Crippen LogP contribution in [-0.4, -0.2) is 63.5 Å². The zero-order valence-corrected chi connectivity index (χ0v) is 16.6. The Kier molecular flexibility index (Phi) is 4.61. The van der Waals surface area contributed by atoms with Crippen LogP contribution in [0.3, 0.4) is 0 Å². The number of likely N-dealkylation sites (tertiary alicyclic amines) is 1.